The van der Waals surface area contributed by atoms with Crippen molar-refractivity contribution in [1.82, 2.24) is 9.97 Å². The minimum absolute atomic E-state index is 0. The molecule has 3 aromatic rings. The number of halogens is 2. The summed E-state index contributed by atoms with van der Waals surface area (Å²) in [5.74, 6) is 0. The molecule has 24 heavy (non-hydrogen) atoms. The van der Waals surface area contributed by atoms with E-state index in [0.717, 1.165) is 5.56 Å². The first kappa shape index (κ1) is 22.5. The fourth-order valence-electron chi connectivity index (χ4n) is 1.91. The van der Waals surface area contributed by atoms with Crippen molar-refractivity contribution in [3.05, 3.63) is 84.9 Å². The molecule has 0 aliphatic heterocycles. The van der Waals surface area contributed by atoms with Crippen LogP contribution in [-0.4, -0.2) is 27.1 Å². The molecule has 0 saturated heterocycles. The van der Waals surface area contributed by atoms with Gasteiger partial charge in [-0.15, -0.1) is 34.0 Å². The minimum atomic E-state index is -1.23. The second-order valence-electron chi connectivity index (χ2n) is 4.64. The molecule has 7 heteroatoms. The topological polar surface area (TPSA) is 66.2 Å². The van der Waals surface area contributed by atoms with Crippen LogP contribution in [0.1, 0.15) is 5.56 Å². The Morgan fingerprint density at radius 2 is 1.08 bits per heavy atom. The molecule has 0 bridgehead atoms. The monoisotopic (exact) mass is 452 g/mol. The smallest absolute Gasteiger partial charge is 0.427 e. The molecular formula is C17H19BBr2N2O2. The summed E-state index contributed by atoms with van der Waals surface area (Å²) in [6, 6.07) is 17.3. The number of pyridine rings is 2. The summed E-state index contributed by atoms with van der Waals surface area (Å²) in [5, 5.41) is 17.1. The highest BCUT2D eigenvalue weighted by atomic mass is 79.9. The van der Waals surface area contributed by atoms with Crippen LogP contribution in [0.4, 0.5) is 0 Å². The Bertz CT molecular complexity index is 622. The predicted octanol–water partition coefficient (Wildman–Crippen LogP) is 3.54. The lowest BCUT2D eigenvalue weighted by molar-refractivity contribution is 0.405. The van der Waals surface area contributed by atoms with Gasteiger partial charge < -0.3 is 10.0 Å². The van der Waals surface area contributed by atoms with E-state index in [9.17, 15) is 0 Å². The summed E-state index contributed by atoms with van der Waals surface area (Å²) in [7, 11) is -1.23. The van der Waals surface area contributed by atoms with Crippen LogP contribution in [0.25, 0.3) is 11.1 Å². The Labute approximate surface area is 163 Å². The van der Waals surface area contributed by atoms with Crippen LogP contribution in [0.5, 0.6) is 0 Å². The summed E-state index contributed by atoms with van der Waals surface area (Å²) in [4.78, 5) is 7.91. The Morgan fingerprint density at radius 3 is 1.46 bits per heavy atom. The predicted molar refractivity (Wildman–Crippen MR) is 108 cm³/mol. The standard InChI is InChI=1S/C10H8N2.C7H9BO2.2BrH/c1-5-11-6-2-9(1)10-3-7-12-8-4-10;9-8(10)6-7-4-2-1-3-5-7;;/h1-8H;1-5,9-10H,6H2;2*1H. The number of rotatable bonds is 3. The van der Waals surface area contributed by atoms with Gasteiger partial charge in [0.1, 0.15) is 0 Å². The van der Waals surface area contributed by atoms with Gasteiger partial charge in [-0.3, -0.25) is 9.97 Å². The molecule has 0 amide bonds. The molecule has 1 aromatic carbocycles. The summed E-state index contributed by atoms with van der Waals surface area (Å²) >= 11 is 0. The molecule has 4 nitrogen and oxygen atoms in total. The zero-order chi connectivity index (χ0) is 15.6. The number of nitrogens with zero attached hydrogens (tertiary/aromatic N) is 2. The van der Waals surface area contributed by atoms with Crippen molar-refractivity contribution in [2.75, 3.05) is 0 Å². The largest absolute Gasteiger partial charge is 0.456 e. The van der Waals surface area contributed by atoms with Crippen LogP contribution in [0.3, 0.4) is 0 Å². The van der Waals surface area contributed by atoms with Gasteiger partial charge in [-0.05, 0) is 35.4 Å². The van der Waals surface area contributed by atoms with Gasteiger partial charge >= 0.3 is 7.12 Å². The van der Waals surface area contributed by atoms with E-state index in [-0.39, 0.29) is 34.0 Å². The molecule has 0 aliphatic rings. The highest BCUT2D eigenvalue weighted by Gasteiger charge is 2.05. The highest BCUT2D eigenvalue weighted by molar-refractivity contribution is 8.93. The molecule has 126 valence electrons. The first-order chi connectivity index (χ1) is 10.8. The van der Waals surface area contributed by atoms with Gasteiger partial charge in [0.05, 0.1) is 0 Å². The lowest BCUT2D eigenvalue weighted by Gasteiger charge is -1.97. The van der Waals surface area contributed by atoms with Gasteiger partial charge in [0.2, 0.25) is 0 Å². The van der Waals surface area contributed by atoms with Gasteiger partial charge in [-0.1, -0.05) is 35.9 Å². The van der Waals surface area contributed by atoms with Gasteiger partial charge in [0.15, 0.2) is 0 Å². The van der Waals surface area contributed by atoms with Crippen molar-refractivity contribution in [1.29, 1.82) is 0 Å². The van der Waals surface area contributed by atoms with Crippen molar-refractivity contribution < 1.29 is 10.0 Å². The maximum atomic E-state index is 8.56. The van der Waals surface area contributed by atoms with Crippen molar-refractivity contribution in [3.8, 4) is 11.1 Å². The van der Waals surface area contributed by atoms with Gasteiger partial charge in [0.25, 0.3) is 0 Å². The molecule has 0 aliphatic carbocycles. The van der Waals surface area contributed by atoms with Crippen LogP contribution < -0.4 is 0 Å². The lowest BCUT2D eigenvalue weighted by Crippen LogP contribution is -2.14. The SMILES string of the molecule is Br.Br.OB(O)Cc1ccccc1.c1cc(-c2ccncc2)ccn1. The van der Waals surface area contributed by atoms with Crippen LogP contribution >= 0.6 is 34.0 Å². The lowest BCUT2D eigenvalue weighted by atomic mass is 9.82. The van der Waals surface area contributed by atoms with E-state index in [0.29, 0.717) is 6.32 Å². The average molecular weight is 454 g/mol. The maximum absolute atomic E-state index is 8.56. The molecule has 2 heterocycles. The van der Waals surface area contributed by atoms with Gasteiger partial charge in [0, 0.05) is 31.1 Å². The van der Waals surface area contributed by atoms with E-state index < -0.39 is 7.12 Å². The molecule has 0 radical (unpaired) electrons. The zero-order valence-corrected chi connectivity index (χ0v) is 16.3. The summed E-state index contributed by atoms with van der Waals surface area (Å²) in [6.45, 7) is 0. The molecular weight excluding hydrogens is 435 g/mol. The molecule has 0 unspecified atom stereocenters. The van der Waals surface area contributed by atoms with Crippen molar-refractivity contribution in [2.45, 2.75) is 6.32 Å². The summed E-state index contributed by atoms with van der Waals surface area (Å²) in [6.07, 6.45) is 7.46. The molecule has 2 N–H and O–H groups in total. The highest BCUT2D eigenvalue weighted by Crippen LogP contribution is 2.15. The van der Waals surface area contributed by atoms with Crippen LogP contribution in [0.2, 0.25) is 0 Å². The van der Waals surface area contributed by atoms with E-state index in [1.165, 1.54) is 11.1 Å². The Morgan fingerprint density at radius 1 is 0.667 bits per heavy atom. The third-order valence-corrected chi connectivity index (χ3v) is 2.96. The second kappa shape index (κ2) is 12.8. The Balaban J connectivity index is 0.000000413. The third kappa shape index (κ3) is 8.35. The van der Waals surface area contributed by atoms with Gasteiger partial charge in [-0.25, -0.2) is 0 Å². The summed E-state index contributed by atoms with van der Waals surface area (Å²) in [5.41, 5.74) is 3.29. The van der Waals surface area contributed by atoms with E-state index in [1.807, 2.05) is 54.6 Å². The molecule has 2 aromatic heterocycles. The van der Waals surface area contributed by atoms with Crippen molar-refractivity contribution >= 4 is 41.1 Å². The first-order valence-corrected chi connectivity index (χ1v) is 6.96. The van der Waals surface area contributed by atoms with Crippen LogP contribution in [0, 0.1) is 0 Å². The van der Waals surface area contributed by atoms with E-state index in [2.05, 4.69) is 9.97 Å². The summed E-state index contributed by atoms with van der Waals surface area (Å²) < 4.78 is 0. The van der Waals surface area contributed by atoms with Crippen molar-refractivity contribution in [3.63, 3.8) is 0 Å². The molecule has 3 rings (SSSR count). The number of hydrogen-bond donors (Lipinski definition) is 2. The number of hydrogen-bond acceptors (Lipinski definition) is 4. The number of aromatic nitrogens is 2. The average Bonchev–Trinajstić information content (AvgIpc) is 2.57. The van der Waals surface area contributed by atoms with Crippen molar-refractivity contribution in [2.24, 2.45) is 0 Å². The van der Waals surface area contributed by atoms with E-state index in [1.54, 1.807) is 24.8 Å². The van der Waals surface area contributed by atoms with E-state index in [4.69, 9.17) is 10.0 Å². The fraction of sp³-hybridized carbons (Fsp3) is 0.0588. The second-order valence-corrected chi connectivity index (χ2v) is 4.64. The first-order valence-electron chi connectivity index (χ1n) is 6.96. The normalized spacial score (nSPS) is 8.75. The maximum Gasteiger partial charge on any atom is 0.456 e. The fourth-order valence-corrected chi connectivity index (χ4v) is 1.91. The number of benzene rings is 1. The Hall–Kier alpha value is -1.54. The van der Waals surface area contributed by atoms with Crippen LogP contribution in [-0.2, 0) is 6.32 Å². The Kier molecular flexibility index (Phi) is 12.0. The minimum Gasteiger partial charge on any atom is -0.427 e. The van der Waals surface area contributed by atoms with Gasteiger partial charge in [-0.2, -0.15) is 0 Å². The molecule has 0 atom stereocenters. The quantitative estimate of drug-likeness (QED) is 0.595. The van der Waals surface area contributed by atoms with Crippen LogP contribution in [0.15, 0.2) is 79.4 Å². The molecule has 0 fully saturated rings. The third-order valence-electron chi connectivity index (χ3n) is 2.96. The van der Waals surface area contributed by atoms with E-state index >= 15 is 0 Å². The zero-order valence-electron chi connectivity index (χ0n) is 12.9. The molecule has 0 saturated carbocycles. The molecule has 0 spiro atoms.